The van der Waals surface area contributed by atoms with Crippen LogP contribution in [0.25, 0.3) is 0 Å². The molecule has 1 saturated heterocycles. The average Bonchev–Trinajstić information content (AvgIpc) is 2.41. The molecule has 1 aliphatic heterocycles. The summed E-state index contributed by atoms with van der Waals surface area (Å²) in [5.41, 5.74) is 2.55. The lowest BCUT2D eigenvalue weighted by Gasteiger charge is -2.32. The highest BCUT2D eigenvalue weighted by Crippen LogP contribution is 2.06. The van der Waals surface area contributed by atoms with Crippen molar-refractivity contribution >= 4 is 0 Å². The highest BCUT2D eigenvalue weighted by atomic mass is 16.5. The van der Waals surface area contributed by atoms with Crippen LogP contribution in [0.15, 0.2) is 18.5 Å². The van der Waals surface area contributed by atoms with E-state index < -0.39 is 0 Å². The largest absolute Gasteiger partial charge is 0.374 e. The maximum atomic E-state index is 5.76. The van der Waals surface area contributed by atoms with Crippen molar-refractivity contribution in [3.05, 3.63) is 29.6 Å². The van der Waals surface area contributed by atoms with Gasteiger partial charge in [0.15, 0.2) is 0 Å². The molecule has 100 valence electrons. The topological polar surface area (TPSA) is 37.4 Å². The van der Waals surface area contributed by atoms with Crippen molar-refractivity contribution in [3.63, 3.8) is 0 Å². The lowest BCUT2D eigenvalue weighted by molar-refractivity contribution is -0.0253. The summed E-state index contributed by atoms with van der Waals surface area (Å²) in [6, 6.07) is 2.05. The lowest BCUT2D eigenvalue weighted by Crippen LogP contribution is -2.46. The fourth-order valence-corrected chi connectivity index (χ4v) is 2.24. The van der Waals surface area contributed by atoms with E-state index in [0.717, 1.165) is 39.3 Å². The van der Waals surface area contributed by atoms with Gasteiger partial charge in [0, 0.05) is 38.6 Å². The minimum absolute atomic E-state index is 0.315. The Kier molecular flexibility index (Phi) is 5.11. The van der Waals surface area contributed by atoms with E-state index in [1.807, 2.05) is 18.5 Å². The molecule has 0 saturated carbocycles. The number of rotatable bonds is 5. The minimum atomic E-state index is 0.315. The van der Waals surface area contributed by atoms with Crippen LogP contribution in [0.2, 0.25) is 0 Å². The monoisotopic (exact) mass is 249 g/mol. The highest BCUT2D eigenvalue weighted by molar-refractivity contribution is 5.20. The molecule has 1 aromatic rings. The standard InChI is InChI=1S/C14H23N3O/c1-3-17-6-7-18-14(11-17)10-16-9-13-8-15-5-4-12(13)2/h4-5,8,14,16H,3,6-7,9-11H2,1-2H3. The van der Waals surface area contributed by atoms with Crippen molar-refractivity contribution < 1.29 is 4.74 Å². The zero-order chi connectivity index (χ0) is 12.8. The SMILES string of the molecule is CCN1CCOC(CNCc2cnccc2C)C1. The van der Waals surface area contributed by atoms with Crippen molar-refractivity contribution in [1.29, 1.82) is 0 Å². The highest BCUT2D eigenvalue weighted by Gasteiger charge is 2.18. The molecule has 0 radical (unpaired) electrons. The third-order valence-electron chi connectivity index (χ3n) is 3.51. The number of aryl methyl sites for hydroxylation is 1. The number of pyridine rings is 1. The zero-order valence-corrected chi connectivity index (χ0v) is 11.4. The van der Waals surface area contributed by atoms with E-state index in [0.29, 0.717) is 6.10 Å². The molecule has 4 nitrogen and oxygen atoms in total. The summed E-state index contributed by atoms with van der Waals surface area (Å²) in [5, 5.41) is 3.47. The maximum absolute atomic E-state index is 5.76. The number of hydrogen-bond donors (Lipinski definition) is 1. The first-order valence-electron chi connectivity index (χ1n) is 6.73. The van der Waals surface area contributed by atoms with Crippen LogP contribution in [0.5, 0.6) is 0 Å². The van der Waals surface area contributed by atoms with E-state index in [1.165, 1.54) is 11.1 Å². The van der Waals surface area contributed by atoms with Gasteiger partial charge in [-0.1, -0.05) is 6.92 Å². The molecule has 0 spiro atoms. The Labute approximate surface area is 109 Å². The molecule has 1 atom stereocenters. The van der Waals surface area contributed by atoms with Crippen molar-refractivity contribution in [2.45, 2.75) is 26.5 Å². The minimum Gasteiger partial charge on any atom is -0.374 e. The molecule has 18 heavy (non-hydrogen) atoms. The molecular weight excluding hydrogens is 226 g/mol. The molecule has 1 fully saturated rings. The molecule has 1 aromatic heterocycles. The molecule has 0 amide bonds. The van der Waals surface area contributed by atoms with Crippen molar-refractivity contribution in [3.8, 4) is 0 Å². The van der Waals surface area contributed by atoms with Gasteiger partial charge in [-0.3, -0.25) is 9.88 Å². The van der Waals surface area contributed by atoms with E-state index in [2.05, 4.69) is 29.0 Å². The average molecular weight is 249 g/mol. The third kappa shape index (κ3) is 3.77. The number of likely N-dealkylation sites (N-methyl/N-ethyl adjacent to an activating group) is 1. The molecule has 0 bridgehead atoms. The van der Waals surface area contributed by atoms with Gasteiger partial charge in [-0.05, 0) is 30.7 Å². The predicted molar refractivity (Wildman–Crippen MR) is 72.5 cm³/mol. The van der Waals surface area contributed by atoms with Crippen LogP contribution in [-0.2, 0) is 11.3 Å². The molecule has 1 unspecified atom stereocenters. The van der Waals surface area contributed by atoms with Gasteiger partial charge in [0.2, 0.25) is 0 Å². The number of aromatic nitrogens is 1. The number of nitrogens with one attached hydrogen (secondary N) is 1. The summed E-state index contributed by atoms with van der Waals surface area (Å²) in [7, 11) is 0. The van der Waals surface area contributed by atoms with Crippen molar-refractivity contribution in [1.82, 2.24) is 15.2 Å². The lowest BCUT2D eigenvalue weighted by atomic mass is 10.1. The molecule has 2 rings (SSSR count). The third-order valence-corrected chi connectivity index (χ3v) is 3.51. The van der Waals surface area contributed by atoms with E-state index >= 15 is 0 Å². The van der Waals surface area contributed by atoms with Gasteiger partial charge < -0.3 is 10.1 Å². The van der Waals surface area contributed by atoms with E-state index in [4.69, 9.17) is 4.74 Å². The van der Waals surface area contributed by atoms with Crippen molar-refractivity contribution in [2.75, 3.05) is 32.8 Å². The second-order valence-electron chi connectivity index (χ2n) is 4.82. The second-order valence-corrected chi connectivity index (χ2v) is 4.82. The van der Waals surface area contributed by atoms with Gasteiger partial charge in [0.25, 0.3) is 0 Å². The van der Waals surface area contributed by atoms with Gasteiger partial charge >= 0.3 is 0 Å². The van der Waals surface area contributed by atoms with Gasteiger partial charge in [0.1, 0.15) is 0 Å². The van der Waals surface area contributed by atoms with Crippen LogP contribution < -0.4 is 5.32 Å². The Hall–Kier alpha value is -0.970. The molecule has 4 heteroatoms. The van der Waals surface area contributed by atoms with Crippen LogP contribution in [0, 0.1) is 6.92 Å². The van der Waals surface area contributed by atoms with Gasteiger partial charge in [-0.15, -0.1) is 0 Å². The van der Waals surface area contributed by atoms with Crippen LogP contribution >= 0.6 is 0 Å². The smallest absolute Gasteiger partial charge is 0.0826 e. The number of hydrogen-bond acceptors (Lipinski definition) is 4. The molecule has 2 heterocycles. The number of ether oxygens (including phenoxy) is 1. The van der Waals surface area contributed by atoms with E-state index in [-0.39, 0.29) is 0 Å². The molecule has 1 aliphatic rings. The molecule has 0 aliphatic carbocycles. The fraction of sp³-hybridized carbons (Fsp3) is 0.643. The summed E-state index contributed by atoms with van der Waals surface area (Å²) >= 11 is 0. The molecule has 0 aromatic carbocycles. The quantitative estimate of drug-likeness (QED) is 0.851. The summed E-state index contributed by atoms with van der Waals surface area (Å²) in [4.78, 5) is 6.59. The number of nitrogens with zero attached hydrogens (tertiary/aromatic N) is 2. The second kappa shape index (κ2) is 6.83. The van der Waals surface area contributed by atoms with Crippen molar-refractivity contribution in [2.24, 2.45) is 0 Å². The number of morpholine rings is 1. The Bertz CT molecular complexity index is 370. The maximum Gasteiger partial charge on any atom is 0.0826 e. The first kappa shape index (κ1) is 13.5. The summed E-state index contributed by atoms with van der Waals surface area (Å²) in [6.07, 6.45) is 4.08. The Morgan fingerprint density at radius 1 is 1.56 bits per heavy atom. The normalized spacial score (nSPS) is 21.1. The van der Waals surface area contributed by atoms with Crippen LogP contribution in [0.1, 0.15) is 18.1 Å². The van der Waals surface area contributed by atoms with Crippen LogP contribution in [0.4, 0.5) is 0 Å². The Morgan fingerprint density at radius 3 is 3.22 bits per heavy atom. The summed E-state index contributed by atoms with van der Waals surface area (Å²) < 4.78 is 5.76. The summed E-state index contributed by atoms with van der Waals surface area (Å²) in [6.45, 7) is 10.2. The van der Waals surface area contributed by atoms with E-state index in [9.17, 15) is 0 Å². The zero-order valence-electron chi connectivity index (χ0n) is 11.4. The summed E-state index contributed by atoms with van der Waals surface area (Å²) in [5.74, 6) is 0. The van der Waals surface area contributed by atoms with Gasteiger partial charge in [0.05, 0.1) is 12.7 Å². The Morgan fingerprint density at radius 2 is 2.44 bits per heavy atom. The molecular formula is C14H23N3O. The van der Waals surface area contributed by atoms with Gasteiger partial charge in [-0.2, -0.15) is 0 Å². The first-order chi connectivity index (χ1) is 8.79. The van der Waals surface area contributed by atoms with Crippen LogP contribution in [0.3, 0.4) is 0 Å². The first-order valence-corrected chi connectivity index (χ1v) is 6.73. The van der Waals surface area contributed by atoms with E-state index in [1.54, 1.807) is 0 Å². The molecule has 1 N–H and O–H groups in total. The van der Waals surface area contributed by atoms with Crippen LogP contribution in [-0.4, -0.2) is 48.8 Å². The van der Waals surface area contributed by atoms with Gasteiger partial charge in [-0.25, -0.2) is 0 Å². The Balaban J connectivity index is 1.73. The fourth-order valence-electron chi connectivity index (χ4n) is 2.24. The predicted octanol–water partition coefficient (Wildman–Crippen LogP) is 1.20.